The third kappa shape index (κ3) is 5.02. The summed E-state index contributed by atoms with van der Waals surface area (Å²) >= 11 is 3.23. The van der Waals surface area contributed by atoms with Crippen LogP contribution < -0.4 is 11.1 Å². The molecular formula is C17H15BrN4O3. The van der Waals surface area contributed by atoms with Gasteiger partial charge in [0, 0.05) is 18.7 Å². The van der Waals surface area contributed by atoms with Crippen LogP contribution in [0.1, 0.15) is 35.5 Å². The van der Waals surface area contributed by atoms with E-state index in [1.807, 2.05) is 0 Å². The summed E-state index contributed by atoms with van der Waals surface area (Å²) in [6, 6.07) is 4.79. The van der Waals surface area contributed by atoms with E-state index in [-0.39, 0.29) is 29.5 Å². The van der Waals surface area contributed by atoms with Crippen LogP contribution in [0, 0.1) is 11.8 Å². The van der Waals surface area contributed by atoms with Gasteiger partial charge in [0.25, 0.3) is 0 Å². The summed E-state index contributed by atoms with van der Waals surface area (Å²) in [4.78, 5) is 31.2. The number of nitrogen functional groups attached to an aromatic ring is 1. The minimum absolute atomic E-state index is 0.144. The van der Waals surface area contributed by atoms with E-state index in [1.54, 1.807) is 19.1 Å². The molecule has 3 N–H and O–H groups in total. The Bertz CT molecular complexity index is 887. The molecule has 0 saturated carbocycles. The van der Waals surface area contributed by atoms with E-state index in [0.29, 0.717) is 16.0 Å². The highest BCUT2D eigenvalue weighted by molar-refractivity contribution is 9.10. The van der Waals surface area contributed by atoms with Crippen molar-refractivity contribution in [3.05, 3.63) is 45.8 Å². The van der Waals surface area contributed by atoms with E-state index >= 15 is 0 Å². The van der Waals surface area contributed by atoms with Crippen LogP contribution in [0.3, 0.4) is 0 Å². The zero-order valence-corrected chi connectivity index (χ0v) is 15.2. The van der Waals surface area contributed by atoms with Gasteiger partial charge in [0.2, 0.25) is 5.91 Å². The van der Waals surface area contributed by atoms with E-state index in [9.17, 15) is 9.59 Å². The van der Waals surface area contributed by atoms with Gasteiger partial charge >= 0.3 is 5.97 Å². The first-order chi connectivity index (χ1) is 11.9. The molecule has 0 atom stereocenters. The fourth-order valence-electron chi connectivity index (χ4n) is 1.89. The van der Waals surface area contributed by atoms with Gasteiger partial charge < -0.3 is 15.8 Å². The van der Waals surface area contributed by atoms with Crippen molar-refractivity contribution in [2.45, 2.75) is 13.8 Å². The standard InChI is InChI=1S/C17H15BrN4O3/c1-3-25-17(24)12-9-14(18)22-13(16(12)19)5-4-11-6-7-20-15(8-11)21-10(2)23/h6-9H,3,19H2,1-2H3,(H,20,21,23). The molecule has 128 valence electrons. The SMILES string of the molecule is CCOC(=O)c1cc(Br)nc(C#Cc2ccnc(NC(C)=O)c2)c1N. The highest BCUT2D eigenvalue weighted by atomic mass is 79.9. The number of carbonyl (C=O) groups is 2. The molecule has 2 heterocycles. The van der Waals surface area contributed by atoms with Crippen LogP contribution in [0.4, 0.5) is 11.5 Å². The smallest absolute Gasteiger partial charge is 0.340 e. The molecule has 2 rings (SSSR count). The lowest BCUT2D eigenvalue weighted by Crippen LogP contribution is -2.10. The van der Waals surface area contributed by atoms with E-state index in [2.05, 4.69) is 43.1 Å². The molecule has 0 saturated heterocycles. The predicted molar refractivity (Wildman–Crippen MR) is 96.8 cm³/mol. The fraction of sp³-hybridized carbons (Fsp3) is 0.176. The second-order valence-electron chi connectivity index (χ2n) is 4.84. The number of nitrogens with zero attached hydrogens (tertiary/aromatic N) is 2. The van der Waals surface area contributed by atoms with Gasteiger partial charge in [-0.15, -0.1) is 0 Å². The minimum Gasteiger partial charge on any atom is -0.462 e. The monoisotopic (exact) mass is 402 g/mol. The molecule has 8 heteroatoms. The third-order valence-electron chi connectivity index (χ3n) is 2.91. The molecule has 0 aliphatic rings. The first-order valence-electron chi connectivity index (χ1n) is 7.29. The van der Waals surface area contributed by atoms with Crippen LogP contribution in [0.5, 0.6) is 0 Å². The van der Waals surface area contributed by atoms with E-state index in [4.69, 9.17) is 10.5 Å². The Morgan fingerprint density at radius 2 is 2.12 bits per heavy atom. The van der Waals surface area contributed by atoms with E-state index in [0.717, 1.165) is 0 Å². The summed E-state index contributed by atoms with van der Waals surface area (Å²) < 4.78 is 5.39. The maximum absolute atomic E-state index is 11.9. The first kappa shape index (κ1) is 18.4. The number of carbonyl (C=O) groups excluding carboxylic acids is 2. The molecular weight excluding hydrogens is 388 g/mol. The highest BCUT2D eigenvalue weighted by Gasteiger charge is 2.15. The molecule has 0 fully saturated rings. The molecule has 0 spiro atoms. The number of esters is 1. The predicted octanol–water partition coefficient (Wildman–Crippen LogP) is 2.36. The number of anilines is 2. The summed E-state index contributed by atoms with van der Waals surface area (Å²) in [5.41, 5.74) is 7.18. The number of amides is 1. The molecule has 0 radical (unpaired) electrons. The van der Waals surface area contributed by atoms with Crippen molar-refractivity contribution >= 4 is 39.3 Å². The van der Waals surface area contributed by atoms with Crippen LogP contribution >= 0.6 is 15.9 Å². The van der Waals surface area contributed by atoms with Crippen molar-refractivity contribution in [3.8, 4) is 11.8 Å². The lowest BCUT2D eigenvalue weighted by Gasteiger charge is -2.07. The quantitative estimate of drug-likeness (QED) is 0.463. The van der Waals surface area contributed by atoms with Crippen molar-refractivity contribution in [2.75, 3.05) is 17.7 Å². The third-order valence-corrected chi connectivity index (χ3v) is 3.32. The largest absolute Gasteiger partial charge is 0.462 e. The molecule has 1 amide bonds. The molecule has 25 heavy (non-hydrogen) atoms. The molecule has 0 unspecified atom stereocenters. The van der Waals surface area contributed by atoms with Crippen molar-refractivity contribution in [1.82, 2.24) is 9.97 Å². The van der Waals surface area contributed by atoms with Crippen molar-refractivity contribution in [2.24, 2.45) is 0 Å². The van der Waals surface area contributed by atoms with Crippen molar-refractivity contribution < 1.29 is 14.3 Å². The number of nitrogens with two attached hydrogens (primary N) is 1. The van der Waals surface area contributed by atoms with Gasteiger partial charge in [-0.05, 0) is 47.0 Å². The molecule has 2 aromatic rings. The zero-order valence-electron chi connectivity index (χ0n) is 13.6. The molecule has 0 aromatic carbocycles. The van der Waals surface area contributed by atoms with Crippen LogP contribution in [0.15, 0.2) is 29.0 Å². The number of nitrogens with one attached hydrogen (secondary N) is 1. The van der Waals surface area contributed by atoms with Crippen LogP contribution in [0.2, 0.25) is 0 Å². The molecule has 0 aliphatic carbocycles. The Kier molecular flexibility index (Phi) is 6.08. The number of ether oxygens (including phenoxy) is 1. The number of hydrogen-bond acceptors (Lipinski definition) is 6. The number of pyridine rings is 2. The topological polar surface area (TPSA) is 107 Å². The fourth-order valence-corrected chi connectivity index (χ4v) is 2.29. The van der Waals surface area contributed by atoms with Crippen LogP contribution in [-0.2, 0) is 9.53 Å². The first-order valence-corrected chi connectivity index (χ1v) is 8.08. The summed E-state index contributed by atoms with van der Waals surface area (Å²) in [6.07, 6.45) is 1.52. The number of aromatic nitrogens is 2. The maximum atomic E-state index is 11.9. The average molecular weight is 403 g/mol. The number of halogens is 1. The number of rotatable bonds is 3. The Morgan fingerprint density at radius 3 is 2.80 bits per heavy atom. The Morgan fingerprint density at radius 1 is 1.36 bits per heavy atom. The van der Waals surface area contributed by atoms with Gasteiger partial charge in [-0.1, -0.05) is 5.92 Å². The lowest BCUT2D eigenvalue weighted by atomic mass is 10.1. The second kappa shape index (κ2) is 8.26. The van der Waals surface area contributed by atoms with Gasteiger partial charge in [0.05, 0.1) is 17.9 Å². The van der Waals surface area contributed by atoms with Crippen molar-refractivity contribution in [3.63, 3.8) is 0 Å². The molecule has 2 aromatic heterocycles. The lowest BCUT2D eigenvalue weighted by molar-refractivity contribution is -0.114. The average Bonchev–Trinajstić information content (AvgIpc) is 2.55. The van der Waals surface area contributed by atoms with Gasteiger partial charge in [-0.25, -0.2) is 14.8 Å². The normalized spacial score (nSPS) is 9.72. The van der Waals surface area contributed by atoms with Crippen LogP contribution in [-0.4, -0.2) is 28.5 Å². The highest BCUT2D eigenvalue weighted by Crippen LogP contribution is 2.21. The zero-order chi connectivity index (χ0) is 18.4. The summed E-state index contributed by atoms with van der Waals surface area (Å²) in [7, 11) is 0. The van der Waals surface area contributed by atoms with E-state index < -0.39 is 5.97 Å². The summed E-state index contributed by atoms with van der Waals surface area (Å²) in [5, 5.41) is 2.58. The van der Waals surface area contributed by atoms with Crippen molar-refractivity contribution in [1.29, 1.82) is 0 Å². The Balaban J connectivity index is 2.37. The molecule has 0 aliphatic heterocycles. The van der Waals surface area contributed by atoms with E-state index in [1.165, 1.54) is 19.2 Å². The van der Waals surface area contributed by atoms with Gasteiger partial charge in [-0.3, -0.25) is 4.79 Å². The minimum atomic E-state index is -0.539. The summed E-state index contributed by atoms with van der Waals surface area (Å²) in [6.45, 7) is 3.34. The molecule has 0 bridgehead atoms. The van der Waals surface area contributed by atoms with Crippen LogP contribution in [0.25, 0.3) is 0 Å². The summed E-state index contributed by atoms with van der Waals surface area (Å²) in [5.74, 6) is 5.33. The number of hydrogen-bond donors (Lipinski definition) is 2. The maximum Gasteiger partial charge on any atom is 0.340 e. The second-order valence-corrected chi connectivity index (χ2v) is 5.65. The Labute approximate surface area is 153 Å². The van der Waals surface area contributed by atoms with Gasteiger partial charge in [-0.2, -0.15) is 0 Å². The van der Waals surface area contributed by atoms with Gasteiger partial charge in [0.15, 0.2) is 0 Å². The Hall–Kier alpha value is -2.92. The van der Waals surface area contributed by atoms with Gasteiger partial charge in [0.1, 0.15) is 16.1 Å². The molecule has 7 nitrogen and oxygen atoms in total.